The van der Waals surface area contributed by atoms with E-state index in [0.717, 1.165) is 31.4 Å². The summed E-state index contributed by atoms with van der Waals surface area (Å²) in [6, 6.07) is 3.25. The molecule has 1 aliphatic carbocycles. The zero-order valence-corrected chi connectivity index (χ0v) is 11.8. The van der Waals surface area contributed by atoms with Crippen molar-refractivity contribution < 1.29 is 12.8 Å². The molecule has 0 saturated heterocycles. The molecule has 0 amide bonds. The first kappa shape index (κ1) is 14.7. The van der Waals surface area contributed by atoms with E-state index < -0.39 is 20.7 Å². The Labute approximate surface area is 117 Å². The Morgan fingerprint density at radius 1 is 1.42 bits per heavy atom. The van der Waals surface area contributed by atoms with Gasteiger partial charge in [0, 0.05) is 11.1 Å². The normalized spacial score (nSPS) is 23.7. The highest BCUT2D eigenvalue weighted by atomic mass is 35.5. The van der Waals surface area contributed by atoms with E-state index in [1.54, 1.807) is 0 Å². The lowest BCUT2D eigenvalue weighted by Gasteiger charge is -2.19. The fourth-order valence-electron chi connectivity index (χ4n) is 2.42. The number of hydrogen-bond acceptors (Lipinski definition) is 3. The SMILES string of the molecule is NCC1CCCC1NS(=O)(=O)c1cc(Cl)ccc1F. The van der Waals surface area contributed by atoms with Gasteiger partial charge in [-0.25, -0.2) is 17.5 Å². The van der Waals surface area contributed by atoms with E-state index in [0.29, 0.717) is 6.54 Å². The number of benzene rings is 1. The summed E-state index contributed by atoms with van der Waals surface area (Å²) in [5, 5.41) is 0.184. The average Bonchev–Trinajstić information content (AvgIpc) is 2.78. The summed E-state index contributed by atoms with van der Waals surface area (Å²) in [7, 11) is -3.90. The molecular weight excluding hydrogens is 291 g/mol. The summed E-state index contributed by atoms with van der Waals surface area (Å²) in [5.41, 5.74) is 5.61. The van der Waals surface area contributed by atoms with Crippen LogP contribution in [0, 0.1) is 11.7 Å². The average molecular weight is 307 g/mol. The molecule has 0 spiro atoms. The van der Waals surface area contributed by atoms with Crippen LogP contribution in [0.25, 0.3) is 0 Å². The minimum Gasteiger partial charge on any atom is -0.330 e. The molecule has 1 saturated carbocycles. The molecule has 1 aromatic carbocycles. The van der Waals surface area contributed by atoms with Crippen LogP contribution in [0.2, 0.25) is 5.02 Å². The first-order valence-electron chi connectivity index (χ1n) is 6.11. The van der Waals surface area contributed by atoms with Crippen LogP contribution < -0.4 is 10.5 Å². The van der Waals surface area contributed by atoms with Gasteiger partial charge in [0.05, 0.1) is 0 Å². The maximum absolute atomic E-state index is 13.6. The van der Waals surface area contributed by atoms with Crippen LogP contribution in [0.15, 0.2) is 23.1 Å². The highest BCUT2D eigenvalue weighted by Crippen LogP contribution is 2.27. The van der Waals surface area contributed by atoms with Gasteiger partial charge in [-0.3, -0.25) is 0 Å². The molecule has 19 heavy (non-hydrogen) atoms. The summed E-state index contributed by atoms with van der Waals surface area (Å²) < 4.78 is 40.5. The van der Waals surface area contributed by atoms with Crippen molar-refractivity contribution in [1.29, 1.82) is 0 Å². The number of sulfonamides is 1. The topological polar surface area (TPSA) is 72.2 Å². The molecule has 1 aromatic rings. The quantitative estimate of drug-likeness (QED) is 0.892. The van der Waals surface area contributed by atoms with Gasteiger partial charge in [0.25, 0.3) is 0 Å². The Kier molecular flexibility index (Phi) is 4.45. The lowest BCUT2D eigenvalue weighted by Crippen LogP contribution is -2.40. The Morgan fingerprint density at radius 2 is 2.16 bits per heavy atom. The Morgan fingerprint density at radius 3 is 2.84 bits per heavy atom. The second-order valence-corrected chi connectivity index (χ2v) is 6.85. The van der Waals surface area contributed by atoms with Crippen LogP contribution in [0.1, 0.15) is 19.3 Å². The molecule has 1 aliphatic rings. The third-order valence-electron chi connectivity index (χ3n) is 3.45. The summed E-state index contributed by atoms with van der Waals surface area (Å²) in [4.78, 5) is -0.414. The van der Waals surface area contributed by atoms with Crippen LogP contribution in [0.5, 0.6) is 0 Å². The highest BCUT2D eigenvalue weighted by Gasteiger charge is 2.31. The van der Waals surface area contributed by atoms with Crippen LogP contribution in [-0.2, 0) is 10.0 Å². The highest BCUT2D eigenvalue weighted by molar-refractivity contribution is 7.89. The molecule has 106 valence electrons. The predicted octanol–water partition coefficient (Wildman–Crippen LogP) is 1.88. The first-order chi connectivity index (χ1) is 8.94. The number of rotatable bonds is 4. The lowest BCUT2D eigenvalue weighted by molar-refractivity contribution is 0.451. The lowest BCUT2D eigenvalue weighted by atomic mass is 10.1. The second kappa shape index (κ2) is 5.75. The first-order valence-corrected chi connectivity index (χ1v) is 7.97. The molecule has 1 fully saturated rings. The molecule has 0 aliphatic heterocycles. The third kappa shape index (κ3) is 3.25. The van der Waals surface area contributed by atoms with E-state index >= 15 is 0 Å². The van der Waals surface area contributed by atoms with E-state index in [9.17, 15) is 12.8 Å². The molecule has 2 atom stereocenters. The van der Waals surface area contributed by atoms with Crippen LogP contribution in [-0.4, -0.2) is 21.0 Å². The minimum absolute atomic E-state index is 0.108. The monoisotopic (exact) mass is 306 g/mol. The fraction of sp³-hybridized carbons (Fsp3) is 0.500. The molecule has 4 nitrogen and oxygen atoms in total. The van der Waals surface area contributed by atoms with Gasteiger partial charge in [0.2, 0.25) is 10.0 Å². The molecule has 2 unspecified atom stereocenters. The van der Waals surface area contributed by atoms with Gasteiger partial charge in [-0.1, -0.05) is 18.0 Å². The van der Waals surface area contributed by atoms with Gasteiger partial charge in [0.1, 0.15) is 10.7 Å². The van der Waals surface area contributed by atoms with Crippen molar-refractivity contribution in [3.05, 3.63) is 29.0 Å². The Bertz CT molecular complexity index is 565. The van der Waals surface area contributed by atoms with Gasteiger partial charge in [-0.2, -0.15) is 0 Å². The summed E-state index contributed by atoms with van der Waals surface area (Å²) in [6.07, 6.45) is 2.54. The van der Waals surface area contributed by atoms with E-state index in [4.69, 9.17) is 17.3 Å². The van der Waals surface area contributed by atoms with Crippen LogP contribution >= 0.6 is 11.6 Å². The van der Waals surface area contributed by atoms with Crippen molar-refractivity contribution in [1.82, 2.24) is 4.72 Å². The van der Waals surface area contributed by atoms with E-state index in [2.05, 4.69) is 4.72 Å². The predicted molar refractivity (Wildman–Crippen MR) is 71.9 cm³/mol. The van der Waals surface area contributed by atoms with Crippen molar-refractivity contribution in [3.8, 4) is 0 Å². The summed E-state index contributed by atoms with van der Waals surface area (Å²) >= 11 is 5.72. The van der Waals surface area contributed by atoms with Crippen molar-refractivity contribution in [2.24, 2.45) is 11.7 Å². The van der Waals surface area contributed by atoms with Crippen molar-refractivity contribution in [2.75, 3.05) is 6.54 Å². The maximum atomic E-state index is 13.6. The Balaban J connectivity index is 2.25. The van der Waals surface area contributed by atoms with E-state index in [1.807, 2.05) is 0 Å². The fourth-order valence-corrected chi connectivity index (χ4v) is 4.10. The van der Waals surface area contributed by atoms with E-state index in [-0.39, 0.29) is 17.0 Å². The van der Waals surface area contributed by atoms with Gasteiger partial charge < -0.3 is 5.73 Å². The van der Waals surface area contributed by atoms with Gasteiger partial charge in [-0.15, -0.1) is 0 Å². The molecular formula is C12H16ClFN2O2S. The Hall–Kier alpha value is -0.690. The summed E-state index contributed by atoms with van der Waals surface area (Å²) in [5.74, 6) is -0.698. The number of nitrogens with one attached hydrogen (secondary N) is 1. The number of hydrogen-bond donors (Lipinski definition) is 2. The van der Waals surface area contributed by atoms with Crippen LogP contribution in [0.3, 0.4) is 0 Å². The van der Waals surface area contributed by atoms with Crippen molar-refractivity contribution in [3.63, 3.8) is 0 Å². The van der Waals surface area contributed by atoms with Crippen LogP contribution in [0.4, 0.5) is 4.39 Å². The maximum Gasteiger partial charge on any atom is 0.243 e. The molecule has 0 radical (unpaired) electrons. The largest absolute Gasteiger partial charge is 0.330 e. The van der Waals surface area contributed by atoms with Crippen molar-refractivity contribution >= 4 is 21.6 Å². The molecule has 0 aromatic heterocycles. The van der Waals surface area contributed by atoms with Gasteiger partial charge in [0.15, 0.2) is 0 Å². The molecule has 2 rings (SSSR count). The zero-order valence-electron chi connectivity index (χ0n) is 10.3. The minimum atomic E-state index is -3.90. The number of nitrogens with two attached hydrogens (primary N) is 1. The smallest absolute Gasteiger partial charge is 0.243 e. The third-order valence-corrected chi connectivity index (χ3v) is 5.19. The molecule has 7 heteroatoms. The zero-order chi connectivity index (χ0) is 14.0. The summed E-state index contributed by atoms with van der Waals surface area (Å²) in [6.45, 7) is 0.422. The van der Waals surface area contributed by atoms with E-state index in [1.165, 1.54) is 6.07 Å². The molecule has 0 bridgehead atoms. The second-order valence-electron chi connectivity index (χ2n) is 4.73. The molecule has 3 N–H and O–H groups in total. The van der Waals surface area contributed by atoms with Crippen molar-refractivity contribution in [2.45, 2.75) is 30.2 Å². The standard InChI is InChI=1S/C12H16ClFN2O2S/c13-9-4-5-10(14)12(6-9)19(17,18)16-11-3-1-2-8(11)7-15/h4-6,8,11,16H,1-3,7,15H2. The number of halogens is 2. The molecule has 0 heterocycles. The van der Waals surface area contributed by atoms with Gasteiger partial charge >= 0.3 is 0 Å². The van der Waals surface area contributed by atoms with Gasteiger partial charge in [-0.05, 0) is 43.5 Å².